The van der Waals surface area contributed by atoms with E-state index in [1.807, 2.05) is 0 Å². The minimum atomic E-state index is -0.956. The van der Waals surface area contributed by atoms with Crippen molar-refractivity contribution in [2.45, 2.75) is 18.3 Å². The summed E-state index contributed by atoms with van der Waals surface area (Å²) >= 11 is 1.14. The maximum Gasteiger partial charge on any atom is 0.276 e. The number of hydrogen-bond acceptors (Lipinski definition) is 5. The molecule has 0 aromatic carbocycles. The average molecular weight is 192 g/mol. The number of aryl methyl sites for hydroxylation is 1. The third kappa shape index (κ3) is 2.78. The first kappa shape index (κ1) is 9.47. The molecule has 1 atom stereocenters. The van der Waals surface area contributed by atoms with Crippen LogP contribution in [-0.2, 0) is 0 Å². The first-order valence-corrected chi connectivity index (χ1v) is 4.38. The SMILES string of the molecule is Cc1nnc(SCC(O)CF)o1. The summed E-state index contributed by atoms with van der Waals surface area (Å²) in [4.78, 5) is 0. The van der Waals surface area contributed by atoms with E-state index in [9.17, 15) is 4.39 Å². The van der Waals surface area contributed by atoms with Gasteiger partial charge in [-0.15, -0.1) is 10.2 Å². The van der Waals surface area contributed by atoms with Crippen molar-refractivity contribution in [3.05, 3.63) is 5.89 Å². The van der Waals surface area contributed by atoms with E-state index in [0.29, 0.717) is 11.1 Å². The Bertz CT molecular complexity index is 243. The summed E-state index contributed by atoms with van der Waals surface area (Å²) in [5.74, 6) is 0.699. The molecule has 12 heavy (non-hydrogen) atoms. The van der Waals surface area contributed by atoms with Crippen LogP contribution in [0.4, 0.5) is 4.39 Å². The van der Waals surface area contributed by atoms with Crippen molar-refractivity contribution in [1.82, 2.24) is 10.2 Å². The minimum absolute atomic E-state index is 0.234. The lowest BCUT2D eigenvalue weighted by molar-refractivity contribution is 0.162. The van der Waals surface area contributed by atoms with Gasteiger partial charge in [-0.3, -0.25) is 0 Å². The number of nitrogens with zero attached hydrogens (tertiary/aromatic N) is 2. The van der Waals surface area contributed by atoms with Crippen LogP contribution in [0.25, 0.3) is 0 Å². The van der Waals surface area contributed by atoms with Crippen molar-refractivity contribution in [3.63, 3.8) is 0 Å². The Kier molecular flexibility index (Phi) is 3.48. The van der Waals surface area contributed by atoms with Gasteiger partial charge in [0.1, 0.15) is 6.67 Å². The Morgan fingerprint density at radius 1 is 1.67 bits per heavy atom. The lowest BCUT2D eigenvalue weighted by Gasteiger charge is -2.00. The maximum absolute atomic E-state index is 11.8. The first-order chi connectivity index (χ1) is 5.72. The number of thioether (sulfide) groups is 1. The lowest BCUT2D eigenvalue weighted by atomic mass is 10.5. The summed E-state index contributed by atoms with van der Waals surface area (Å²) in [5, 5.41) is 16.4. The van der Waals surface area contributed by atoms with E-state index in [4.69, 9.17) is 9.52 Å². The van der Waals surface area contributed by atoms with E-state index < -0.39 is 12.8 Å². The topological polar surface area (TPSA) is 59.2 Å². The zero-order valence-corrected chi connectivity index (χ0v) is 7.34. The highest BCUT2D eigenvalue weighted by Gasteiger charge is 2.07. The number of alkyl halides is 1. The number of aliphatic hydroxyl groups is 1. The van der Waals surface area contributed by atoms with Crippen LogP contribution >= 0.6 is 11.8 Å². The molecule has 0 bridgehead atoms. The lowest BCUT2D eigenvalue weighted by Crippen LogP contribution is -2.11. The number of aliphatic hydroxyl groups excluding tert-OH is 1. The fraction of sp³-hybridized carbons (Fsp3) is 0.667. The highest BCUT2D eigenvalue weighted by Crippen LogP contribution is 2.16. The predicted molar refractivity (Wildman–Crippen MR) is 41.7 cm³/mol. The van der Waals surface area contributed by atoms with Gasteiger partial charge in [-0.25, -0.2) is 4.39 Å². The minimum Gasteiger partial charge on any atom is -0.416 e. The summed E-state index contributed by atoms with van der Waals surface area (Å²) < 4.78 is 16.8. The Hall–Kier alpha value is -0.620. The van der Waals surface area contributed by atoms with E-state index in [2.05, 4.69) is 10.2 Å². The molecular weight excluding hydrogens is 183 g/mol. The quantitative estimate of drug-likeness (QED) is 0.715. The Morgan fingerprint density at radius 3 is 2.92 bits per heavy atom. The fourth-order valence-electron chi connectivity index (χ4n) is 0.549. The van der Waals surface area contributed by atoms with Crippen LogP contribution in [0.3, 0.4) is 0 Å². The molecule has 0 saturated heterocycles. The molecule has 0 saturated carbocycles. The van der Waals surface area contributed by atoms with Gasteiger partial charge in [0.25, 0.3) is 5.22 Å². The summed E-state index contributed by atoms with van der Waals surface area (Å²) in [5.41, 5.74) is 0. The summed E-state index contributed by atoms with van der Waals surface area (Å²) in [6.45, 7) is 0.919. The van der Waals surface area contributed by atoms with Crippen LogP contribution in [0.2, 0.25) is 0 Å². The second kappa shape index (κ2) is 4.42. The van der Waals surface area contributed by atoms with Gasteiger partial charge in [-0.1, -0.05) is 11.8 Å². The summed E-state index contributed by atoms with van der Waals surface area (Å²) in [6, 6.07) is 0. The van der Waals surface area contributed by atoms with Gasteiger partial charge in [0.15, 0.2) is 0 Å². The molecule has 0 fully saturated rings. The molecule has 1 aromatic heterocycles. The third-order valence-corrected chi connectivity index (χ3v) is 2.05. The van der Waals surface area contributed by atoms with Crippen LogP contribution in [0.1, 0.15) is 5.89 Å². The van der Waals surface area contributed by atoms with Gasteiger partial charge >= 0.3 is 0 Å². The van der Waals surface area contributed by atoms with Gasteiger partial charge in [-0.05, 0) is 0 Å². The van der Waals surface area contributed by atoms with Crippen molar-refractivity contribution in [2.24, 2.45) is 0 Å². The second-order valence-corrected chi connectivity index (χ2v) is 3.18. The molecule has 0 aliphatic rings. The molecule has 1 aromatic rings. The molecular formula is C6H9FN2O2S. The molecule has 68 valence electrons. The Balaban J connectivity index is 2.33. The smallest absolute Gasteiger partial charge is 0.276 e. The number of rotatable bonds is 4. The molecule has 4 nitrogen and oxygen atoms in total. The number of halogens is 1. The Labute approximate surface area is 73.2 Å². The molecule has 0 aliphatic heterocycles. The zero-order valence-electron chi connectivity index (χ0n) is 6.53. The molecule has 1 N–H and O–H groups in total. The highest BCUT2D eigenvalue weighted by atomic mass is 32.2. The van der Waals surface area contributed by atoms with E-state index in [0.717, 1.165) is 11.8 Å². The van der Waals surface area contributed by atoms with Crippen LogP contribution in [0.5, 0.6) is 0 Å². The van der Waals surface area contributed by atoms with Crippen molar-refractivity contribution in [3.8, 4) is 0 Å². The maximum atomic E-state index is 11.8. The van der Waals surface area contributed by atoms with Gasteiger partial charge in [0.05, 0.1) is 6.10 Å². The van der Waals surface area contributed by atoms with E-state index in [1.165, 1.54) is 0 Å². The molecule has 1 unspecified atom stereocenters. The number of hydrogen-bond donors (Lipinski definition) is 1. The standard InChI is InChI=1S/C6H9FN2O2S/c1-4-8-9-6(11-4)12-3-5(10)2-7/h5,10H,2-3H2,1H3. The average Bonchev–Trinajstić information content (AvgIpc) is 2.47. The third-order valence-electron chi connectivity index (χ3n) is 1.08. The van der Waals surface area contributed by atoms with Crippen LogP contribution in [0.15, 0.2) is 9.64 Å². The van der Waals surface area contributed by atoms with Gasteiger partial charge in [-0.2, -0.15) is 0 Å². The number of aromatic nitrogens is 2. The van der Waals surface area contributed by atoms with Crippen LogP contribution in [-0.4, -0.2) is 33.8 Å². The molecule has 1 rings (SSSR count). The van der Waals surface area contributed by atoms with Crippen molar-refractivity contribution in [1.29, 1.82) is 0 Å². The molecule has 0 amide bonds. The molecule has 0 spiro atoms. The van der Waals surface area contributed by atoms with E-state index >= 15 is 0 Å². The van der Waals surface area contributed by atoms with Gasteiger partial charge in [0.2, 0.25) is 5.89 Å². The fourth-order valence-corrected chi connectivity index (χ4v) is 1.25. The summed E-state index contributed by atoms with van der Waals surface area (Å²) in [7, 11) is 0. The monoisotopic (exact) mass is 192 g/mol. The predicted octanol–water partition coefficient (Wildman–Crippen LogP) is 0.801. The van der Waals surface area contributed by atoms with E-state index in [-0.39, 0.29) is 5.75 Å². The van der Waals surface area contributed by atoms with Gasteiger partial charge in [0, 0.05) is 12.7 Å². The molecule has 0 aliphatic carbocycles. The normalized spacial score (nSPS) is 13.2. The highest BCUT2D eigenvalue weighted by molar-refractivity contribution is 7.99. The van der Waals surface area contributed by atoms with Crippen LogP contribution < -0.4 is 0 Å². The van der Waals surface area contributed by atoms with Crippen LogP contribution in [0, 0.1) is 6.92 Å². The van der Waals surface area contributed by atoms with Crippen molar-refractivity contribution < 1.29 is 13.9 Å². The Morgan fingerprint density at radius 2 is 2.42 bits per heavy atom. The second-order valence-electron chi connectivity index (χ2n) is 2.21. The first-order valence-electron chi connectivity index (χ1n) is 3.39. The van der Waals surface area contributed by atoms with E-state index in [1.54, 1.807) is 6.92 Å². The largest absolute Gasteiger partial charge is 0.416 e. The van der Waals surface area contributed by atoms with Crippen molar-refractivity contribution in [2.75, 3.05) is 12.4 Å². The van der Waals surface area contributed by atoms with Gasteiger partial charge < -0.3 is 9.52 Å². The molecule has 6 heteroatoms. The molecule has 0 radical (unpaired) electrons. The molecule has 1 heterocycles. The van der Waals surface area contributed by atoms with Crippen molar-refractivity contribution >= 4 is 11.8 Å². The summed E-state index contributed by atoms with van der Waals surface area (Å²) in [6.07, 6.45) is -0.956. The zero-order chi connectivity index (χ0) is 8.97.